The van der Waals surface area contributed by atoms with Crippen molar-refractivity contribution < 1.29 is 19.1 Å². The fraction of sp³-hybridized carbons (Fsp3) is 0.556. The van der Waals surface area contributed by atoms with Crippen LogP contribution in [0.25, 0.3) is 0 Å². The molecule has 0 radical (unpaired) electrons. The molecule has 0 bridgehead atoms. The topological polar surface area (TPSA) is 59.1 Å². The number of fused-ring (bicyclic) bond motifs is 1. The Morgan fingerprint density at radius 3 is 2.59 bits per heavy atom. The predicted molar refractivity (Wildman–Crippen MR) is 134 cm³/mol. The first-order valence-electron chi connectivity index (χ1n) is 12.4. The van der Waals surface area contributed by atoms with Crippen LogP contribution in [0.5, 0.6) is 11.5 Å². The van der Waals surface area contributed by atoms with Crippen LogP contribution in [0.2, 0.25) is 0 Å². The normalized spacial score (nSPS) is 18.1. The number of ether oxygens (including phenoxy) is 2. The number of hydrogen-bond donors (Lipinski definition) is 0. The van der Waals surface area contributed by atoms with E-state index >= 15 is 0 Å². The van der Waals surface area contributed by atoms with Crippen molar-refractivity contribution in [3.05, 3.63) is 46.2 Å². The van der Waals surface area contributed by atoms with E-state index in [4.69, 9.17) is 9.47 Å². The van der Waals surface area contributed by atoms with E-state index in [1.165, 1.54) is 4.88 Å². The van der Waals surface area contributed by atoms with Gasteiger partial charge in [-0.3, -0.25) is 9.59 Å². The number of para-hydroxylation sites is 2. The smallest absolute Gasteiger partial charge is 0.242 e. The van der Waals surface area contributed by atoms with Gasteiger partial charge in [-0.1, -0.05) is 38.8 Å². The van der Waals surface area contributed by atoms with Gasteiger partial charge in [0.05, 0.1) is 19.7 Å². The van der Waals surface area contributed by atoms with Crippen molar-refractivity contribution in [3.8, 4) is 11.5 Å². The lowest BCUT2D eigenvalue weighted by atomic mass is 10.00. The number of rotatable bonds is 9. The summed E-state index contributed by atoms with van der Waals surface area (Å²) < 4.78 is 11.6. The minimum atomic E-state index is -0.185. The minimum Gasteiger partial charge on any atom is -0.493 e. The molecule has 0 unspecified atom stereocenters. The molecular weight excluding hydrogens is 448 g/mol. The van der Waals surface area contributed by atoms with Gasteiger partial charge in [-0.2, -0.15) is 0 Å². The summed E-state index contributed by atoms with van der Waals surface area (Å²) in [5.41, 5.74) is 1.15. The number of benzene rings is 1. The first-order valence-corrected chi connectivity index (χ1v) is 13.3. The molecule has 6 nitrogen and oxygen atoms in total. The summed E-state index contributed by atoms with van der Waals surface area (Å²) in [7, 11) is 1.63. The third-order valence-electron chi connectivity index (χ3n) is 6.81. The van der Waals surface area contributed by atoms with Crippen LogP contribution in [0.15, 0.2) is 35.7 Å². The zero-order valence-electron chi connectivity index (χ0n) is 20.5. The van der Waals surface area contributed by atoms with Gasteiger partial charge in [-0.25, -0.2) is 0 Å². The summed E-state index contributed by atoms with van der Waals surface area (Å²) >= 11 is 1.73. The van der Waals surface area contributed by atoms with Crippen LogP contribution >= 0.6 is 11.3 Å². The SMILES string of the molecule is COc1ccccc1OC[C@@H]1c2ccsc2CCN1C(=O)CN(CC(C)C)C(=O)C1CCCC1. The predicted octanol–water partition coefficient (Wildman–Crippen LogP) is 4.94. The van der Waals surface area contributed by atoms with Crippen molar-refractivity contribution in [1.82, 2.24) is 9.80 Å². The molecule has 2 aliphatic rings. The Morgan fingerprint density at radius 1 is 1.15 bits per heavy atom. The molecule has 2 amide bonds. The number of hydrogen-bond acceptors (Lipinski definition) is 5. The first kappa shape index (κ1) is 24.6. The number of nitrogens with zero attached hydrogens (tertiary/aromatic N) is 2. The van der Waals surface area contributed by atoms with Crippen LogP contribution in [0, 0.1) is 11.8 Å². The number of carbonyl (C=O) groups excluding carboxylic acids is 2. The zero-order chi connectivity index (χ0) is 24.1. The highest BCUT2D eigenvalue weighted by atomic mass is 32.1. The van der Waals surface area contributed by atoms with Crippen molar-refractivity contribution in [2.75, 3.05) is 33.4 Å². The van der Waals surface area contributed by atoms with Crippen molar-refractivity contribution in [3.63, 3.8) is 0 Å². The second-order valence-electron chi connectivity index (χ2n) is 9.71. The standard InChI is InChI=1S/C27H36N2O4S/c1-19(2)16-28(27(31)20-8-4-5-9-20)17-26(30)29-14-12-25-21(13-15-34-25)22(29)18-33-24-11-7-6-10-23(24)32-3/h6-7,10-11,13,15,19-20,22H,4-5,8-9,12,14,16-18H2,1-3H3/t22-/m1/s1. The van der Waals surface area contributed by atoms with Gasteiger partial charge < -0.3 is 19.3 Å². The van der Waals surface area contributed by atoms with Gasteiger partial charge in [0, 0.05) is 23.9 Å². The van der Waals surface area contributed by atoms with Crippen molar-refractivity contribution >= 4 is 23.2 Å². The van der Waals surface area contributed by atoms with Crippen LogP contribution < -0.4 is 9.47 Å². The van der Waals surface area contributed by atoms with Gasteiger partial charge in [0.25, 0.3) is 0 Å². The second kappa shape index (κ2) is 11.3. The average Bonchev–Trinajstić information content (AvgIpc) is 3.53. The van der Waals surface area contributed by atoms with E-state index in [0.717, 1.165) is 37.7 Å². The summed E-state index contributed by atoms with van der Waals surface area (Å²) in [4.78, 5) is 31.9. The van der Waals surface area contributed by atoms with E-state index in [-0.39, 0.29) is 30.3 Å². The van der Waals surface area contributed by atoms with Crippen molar-refractivity contribution in [2.45, 2.75) is 52.0 Å². The van der Waals surface area contributed by atoms with Crippen molar-refractivity contribution in [1.29, 1.82) is 0 Å². The monoisotopic (exact) mass is 484 g/mol. The summed E-state index contributed by atoms with van der Waals surface area (Å²) in [6.45, 7) is 5.93. The molecule has 0 spiro atoms. The Hall–Kier alpha value is -2.54. The van der Waals surface area contributed by atoms with Crippen LogP contribution in [-0.2, 0) is 16.0 Å². The van der Waals surface area contributed by atoms with Gasteiger partial charge in [0.1, 0.15) is 6.61 Å². The summed E-state index contributed by atoms with van der Waals surface area (Å²) in [6, 6.07) is 9.49. The van der Waals surface area contributed by atoms with Gasteiger partial charge >= 0.3 is 0 Å². The summed E-state index contributed by atoms with van der Waals surface area (Å²) in [5, 5.41) is 2.09. The van der Waals surface area contributed by atoms with E-state index in [9.17, 15) is 9.59 Å². The van der Waals surface area contributed by atoms with Gasteiger partial charge in [-0.05, 0) is 54.3 Å². The highest BCUT2D eigenvalue weighted by molar-refractivity contribution is 7.10. The largest absolute Gasteiger partial charge is 0.493 e. The molecule has 2 aromatic rings. The Bertz CT molecular complexity index is 983. The molecule has 34 heavy (non-hydrogen) atoms. The molecule has 1 aromatic carbocycles. The third kappa shape index (κ3) is 5.57. The van der Waals surface area contributed by atoms with Crippen LogP contribution in [0.4, 0.5) is 0 Å². The Balaban J connectivity index is 1.51. The molecule has 184 valence electrons. The van der Waals surface area contributed by atoms with E-state index in [1.807, 2.05) is 34.1 Å². The van der Waals surface area contributed by atoms with E-state index in [1.54, 1.807) is 18.4 Å². The van der Waals surface area contributed by atoms with Gasteiger partial charge in [0.15, 0.2) is 11.5 Å². The van der Waals surface area contributed by atoms with Crippen LogP contribution in [0.1, 0.15) is 56.0 Å². The van der Waals surface area contributed by atoms with E-state index < -0.39 is 0 Å². The zero-order valence-corrected chi connectivity index (χ0v) is 21.3. The lowest BCUT2D eigenvalue weighted by molar-refractivity contribution is -0.145. The molecular formula is C27H36N2O4S. The molecule has 1 fully saturated rings. The lowest BCUT2D eigenvalue weighted by Crippen LogP contribution is -2.49. The third-order valence-corrected chi connectivity index (χ3v) is 7.81. The van der Waals surface area contributed by atoms with E-state index in [0.29, 0.717) is 37.1 Å². The fourth-order valence-electron chi connectivity index (χ4n) is 5.14. The quantitative estimate of drug-likeness (QED) is 0.506. The highest BCUT2D eigenvalue weighted by Gasteiger charge is 2.35. The highest BCUT2D eigenvalue weighted by Crippen LogP contribution is 2.35. The number of carbonyl (C=O) groups is 2. The van der Waals surface area contributed by atoms with Gasteiger partial charge in [-0.15, -0.1) is 11.3 Å². The average molecular weight is 485 g/mol. The molecule has 7 heteroatoms. The fourth-order valence-corrected chi connectivity index (χ4v) is 6.07. The first-order chi connectivity index (χ1) is 16.5. The minimum absolute atomic E-state index is 0.00234. The second-order valence-corrected chi connectivity index (χ2v) is 10.7. The van der Waals surface area contributed by atoms with Crippen LogP contribution in [-0.4, -0.2) is 55.0 Å². The molecule has 1 aliphatic heterocycles. The molecule has 1 saturated carbocycles. The molecule has 0 saturated heterocycles. The van der Waals surface area contributed by atoms with E-state index in [2.05, 4.69) is 25.3 Å². The maximum absolute atomic E-state index is 13.6. The molecule has 4 rings (SSSR count). The molecule has 1 aliphatic carbocycles. The maximum Gasteiger partial charge on any atom is 0.242 e. The maximum atomic E-state index is 13.6. The number of amides is 2. The summed E-state index contributed by atoms with van der Waals surface area (Å²) in [6.07, 6.45) is 4.94. The Labute approximate surface area is 206 Å². The van der Waals surface area contributed by atoms with Gasteiger partial charge in [0.2, 0.25) is 11.8 Å². The molecule has 0 N–H and O–H groups in total. The van der Waals surface area contributed by atoms with Crippen molar-refractivity contribution in [2.24, 2.45) is 11.8 Å². The molecule has 2 heterocycles. The number of thiophene rings is 1. The van der Waals surface area contributed by atoms with Crippen LogP contribution in [0.3, 0.4) is 0 Å². The summed E-state index contributed by atoms with van der Waals surface area (Å²) in [5.74, 6) is 1.87. The molecule has 1 aromatic heterocycles. The number of methoxy groups -OCH3 is 1. The lowest BCUT2D eigenvalue weighted by Gasteiger charge is -2.37. The molecule has 1 atom stereocenters. The Kier molecular flexibility index (Phi) is 8.14. The Morgan fingerprint density at radius 2 is 1.88 bits per heavy atom.